The van der Waals surface area contributed by atoms with Gasteiger partial charge in [-0.1, -0.05) is 24.3 Å². The first-order valence-corrected chi connectivity index (χ1v) is 9.91. The first-order valence-electron chi connectivity index (χ1n) is 8.02. The molecule has 0 saturated carbocycles. The largest absolute Gasteiger partial charge is 0.497 e. The summed E-state index contributed by atoms with van der Waals surface area (Å²) in [7, 11) is -1.75. The number of benzene rings is 2. The lowest BCUT2D eigenvalue weighted by atomic mass is 10.1. The quantitative estimate of drug-likeness (QED) is 0.691. The van der Waals surface area contributed by atoms with Crippen molar-refractivity contribution in [2.24, 2.45) is 0 Å². The molecule has 3 N–H and O–H groups in total. The SMILES string of the molecule is COc1ccc(CNC(=O)NC(C)c2cccc(NS(C)(=O)=O)c2)cc1. The molecule has 2 rings (SSSR count). The highest BCUT2D eigenvalue weighted by molar-refractivity contribution is 7.92. The van der Waals surface area contributed by atoms with E-state index in [1.165, 1.54) is 0 Å². The van der Waals surface area contributed by atoms with Gasteiger partial charge in [-0.05, 0) is 42.3 Å². The smallest absolute Gasteiger partial charge is 0.315 e. The van der Waals surface area contributed by atoms with Crippen molar-refractivity contribution in [2.45, 2.75) is 19.5 Å². The van der Waals surface area contributed by atoms with Crippen LogP contribution in [0, 0.1) is 0 Å². The van der Waals surface area contributed by atoms with Crippen molar-refractivity contribution in [2.75, 3.05) is 18.1 Å². The van der Waals surface area contributed by atoms with Gasteiger partial charge in [-0.3, -0.25) is 4.72 Å². The van der Waals surface area contributed by atoms with Crippen molar-refractivity contribution >= 4 is 21.7 Å². The van der Waals surface area contributed by atoms with Gasteiger partial charge in [0.2, 0.25) is 10.0 Å². The lowest BCUT2D eigenvalue weighted by Crippen LogP contribution is -2.36. The van der Waals surface area contributed by atoms with E-state index in [1.807, 2.05) is 37.3 Å². The standard InChI is InChI=1S/C18H23N3O4S/c1-13(15-5-4-6-16(11-15)21-26(3,23)24)20-18(22)19-12-14-7-9-17(25-2)10-8-14/h4-11,13,21H,12H2,1-3H3,(H2,19,20,22). The van der Waals surface area contributed by atoms with Gasteiger partial charge in [-0.2, -0.15) is 0 Å². The van der Waals surface area contributed by atoms with E-state index in [1.54, 1.807) is 25.3 Å². The van der Waals surface area contributed by atoms with Gasteiger partial charge in [0.25, 0.3) is 0 Å². The Hall–Kier alpha value is -2.74. The van der Waals surface area contributed by atoms with Gasteiger partial charge < -0.3 is 15.4 Å². The Bertz CT molecular complexity index is 851. The molecule has 0 fully saturated rings. The van der Waals surface area contributed by atoms with Gasteiger partial charge in [0.1, 0.15) is 5.75 Å². The van der Waals surface area contributed by atoms with Crippen molar-refractivity contribution < 1.29 is 17.9 Å². The summed E-state index contributed by atoms with van der Waals surface area (Å²) in [6.07, 6.45) is 1.09. The van der Waals surface area contributed by atoms with Crippen molar-refractivity contribution in [1.29, 1.82) is 0 Å². The predicted octanol–water partition coefficient (Wildman–Crippen LogP) is 2.63. The van der Waals surface area contributed by atoms with Crippen LogP contribution in [-0.4, -0.2) is 27.8 Å². The normalized spacial score (nSPS) is 12.1. The summed E-state index contributed by atoms with van der Waals surface area (Å²) in [6.45, 7) is 2.21. The third-order valence-electron chi connectivity index (χ3n) is 3.65. The summed E-state index contributed by atoms with van der Waals surface area (Å²) >= 11 is 0. The van der Waals surface area contributed by atoms with Gasteiger partial charge >= 0.3 is 6.03 Å². The zero-order chi connectivity index (χ0) is 19.2. The second kappa shape index (κ2) is 8.57. The number of nitrogens with one attached hydrogen (secondary N) is 3. The Balaban J connectivity index is 1.90. The van der Waals surface area contributed by atoms with E-state index in [9.17, 15) is 13.2 Å². The third kappa shape index (κ3) is 6.29. The number of methoxy groups -OCH3 is 1. The minimum Gasteiger partial charge on any atom is -0.497 e. The molecule has 0 aliphatic heterocycles. The minimum absolute atomic E-state index is 0.285. The lowest BCUT2D eigenvalue weighted by molar-refractivity contribution is 0.237. The summed E-state index contributed by atoms with van der Waals surface area (Å²) in [4.78, 5) is 12.1. The number of carbonyl (C=O) groups excluding carboxylic acids is 1. The van der Waals surface area contributed by atoms with Crippen LogP contribution < -0.4 is 20.1 Å². The molecule has 0 aliphatic carbocycles. The molecule has 1 atom stereocenters. The van der Waals surface area contributed by atoms with Crippen LogP contribution in [0.2, 0.25) is 0 Å². The van der Waals surface area contributed by atoms with Crippen LogP contribution in [0.15, 0.2) is 48.5 Å². The number of hydrogen-bond donors (Lipinski definition) is 3. The molecule has 0 aromatic heterocycles. The van der Waals surface area contributed by atoms with Crippen LogP contribution in [0.25, 0.3) is 0 Å². The monoisotopic (exact) mass is 377 g/mol. The Morgan fingerprint density at radius 3 is 2.46 bits per heavy atom. The zero-order valence-corrected chi connectivity index (χ0v) is 15.8. The Morgan fingerprint density at radius 1 is 1.15 bits per heavy atom. The molecule has 7 nitrogen and oxygen atoms in total. The number of sulfonamides is 1. The molecule has 2 aromatic rings. The average Bonchev–Trinajstić information content (AvgIpc) is 2.59. The summed E-state index contributed by atoms with van der Waals surface area (Å²) in [5.41, 5.74) is 2.20. The Labute approximate surface area is 153 Å². The molecule has 8 heteroatoms. The Morgan fingerprint density at radius 2 is 1.85 bits per heavy atom. The highest BCUT2D eigenvalue weighted by Crippen LogP contribution is 2.18. The molecule has 0 heterocycles. The molecule has 140 valence electrons. The van der Waals surface area contributed by atoms with Crippen LogP contribution >= 0.6 is 0 Å². The maximum Gasteiger partial charge on any atom is 0.315 e. The summed E-state index contributed by atoms with van der Waals surface area (Å²) in [5, 5.41) is 5.61. The number of rotatable bonds is 7. The van der Waals surface area contributed by atoms with E-state index >= 15 is 0 Å². The van der Waals surface area contributed by atoms with Crippen LogP contribution in [0.4, 0.5) is 10.5 Å². The third-order valence-corrected chi connectivity index (χ3v) is 4.26. The number of amides is 2. The molecule has 2 aromatic carbocycles. The number of hydrogen-bond acceptors (Lipinski definition) is 4. The van der Waals surface area contributed by atoms with Crippen molar-refractivity contribution in [3.8, 4) is 5.75 Å². The molecule has 0 radical (unpaired) electrons. The fourth-order valence-electron chi connectivity index (χ4n) is 2.34. The Kier molecular flexibility index (Phi) is 6.46. The number of ether oxygens (including phenoxy) is 1. The van der Waals surface area contributed by atoms with Crippen molar-refractivity contribution in [3.63, 3.8) is 0 Å². The second-order valence-electron chi connectivity index (χ2n) is 5.90. The number of carbonyl (C=O) groups is 1. The fourth-order valence-corrected chi connectivity index (χ4v) is 2.90. The maximum atomic E-state index is 12.1. The average molecular weight is 377 g/mol. The number of urea groups is 1. The van der Waals surface area contributed by atoms with Crippen LogP contribution in [0.1, 0.15) is 24.1 Å². The molecule has 0 aliphatic rings. The van der Waals surface area contributed by atoms with E-state index in [0.717, 1.165) is 23.1 Å². The second-order valence-corrected chi connectivity index (χ2v) is 7.64. The van der Waals surface area contributed by atoms with Gasteiger partial charge in [-0.15, -0.1) is 0 Å². The summed E-state index contributed by atoms with van der Waals surface area (Å²) in [5.74, 6) is 0.759. The lowest BCUT2D eigenvalue weighted by Gasteiger charge is -2.16. The van der Waals surface area contributed by atoms with Crippen LogP contribution in [0.3, 0.4) is 0 Å². The fraction of sp³-hybridized carbons (Fsp3) is 0.278. The molecule has 0 spiro atoms. The van der Waals surface area contributed by atoms with Gasteiger partial charge in [0.05, 0.1) is 19.4 Å². The summed E-state index contributed by atoms with van der Waals surface area (Å²) in [6, 6.07) is 13.7. The van der Waals surface area contributed by atoms with E-state index in [-0.39, 0.29) is 12.1 Å². The zero-order valence-electron chi connectivity index (χ0n) is 14.9. The van der Waals surface area contributed by atoms with E-state index < -0.39 is 10.0 Å². The van der Waals surface area contributed by atoms with Gasteiger partial charge in [0.15, 0.2) is 0 Å². The van der Waals surface area contributed by atoms with E-state index in [0.29, 0.717) is 12.2 Å². The molecule has 0 bridgehead atoms. The predicted molar refractivity (Wildman–Crippen MR) is 102 cm³/mol. The highest BCUT2D eigenvalue weighted by atomic mass is 32.2. The van der Waals surface area contributed by atoms with E-state index in [2.05, 4.69) is 15.4 Å². The van der Waals surface area contributed by atoms with Crippen molar-refractivity contribution in [3.05, 3.63) is 59.7 Å². The van der Waals surface area contributed by atoms with Crippen LogP contribution in [0.5, 0.6) is 5.75 Å². The molecule has 0 saturated heterocycles. The molecular weight excluding hydrogens is 354 g/mol. The molecular formula is C18H23N3O4S. The topological polar surface area (TPSA) is 96.5 Å². The minimum atomic E-state index is -3.35. The molecule has 2 amide bonds. The highest BCUT2D eigenvalue weighted by Gasteiger charge is 2.11. The summed E-state index contributed by atoms with van der Waals surface area (Å²) < 4.78 is 30.2. The number of anilines is 1. The molecule has 26 heavy (non-hydrogen) atoms. The maximum absolute atomic E-state index is 12.1. The van der Waals surface area contributed by atoms with E-state index in [4.69, 9.17) is 4.74 Å². The van der Waals surface area contributed by atoms with Crippen molar-refractivity contribution in [1.82, 2.24) is 10.6 Å². The first-order chi connectivity index (χ1) is 12.3. The molecule has 1 unspecified atom stereocenters. The van der Waals surface area contributed by atoms with Gasteiger partial charge in [-0.25, -0.2) is 13.2 Å². The van der Waals surface area contributed by atoms with Crippen LogP contribution in [-0.2, 0) is 16.6 Å². The first kappa shape index (κ1) is 19.6. The van der Waals surface area contributed by atoms with Gasteiger partial charge in [0, 0.05) is 12.2 Å².